The molecule has 0 spiro atoms. The molecule has 116 valence electrons. The molecule has 0 atom stereocenters. The zero-order valence-electron chi connectivity index (χ0n) is 12.9. The maximum atomic E-state index is 11.9. The Kier molecular flexibility index (Phi) is 5.06. The molecule has 2 aromatic rings. The van der Waals surface area contributed by atoms with Crippen LogP contribution in [0, 0.1) is 0 Å². The third-order valence-corrected chi connectivity index (χ3v) is 3.30. The fourth-order valence-electron chi connectivity index (χ4n) is 1.73. The monoisotopic (exact) mass is 301 g/mol. The number of pyridine rings is 1. The van der Waals surface area contributed by atoms with Gasteiger partial charge < -0.3 is 14.5 Å². The van der Waals surface area contributed by atoms with Gasteiger partial charge in [0.1, 0.15) is 12.4 Å². The van der Waals surface area contributed by atoms with E-state index in [1.165, 1.54) is 12.1 Å². The summed E-state index contributed by atoms with van der Waals surface area (Å²) in [6.07, 6.45) is 4.78. The predicted octanol–water partition coefficient (Wildman–Crippen LogP) is 2.30. The highest BCUT2D eigenvalue weighted by atomic mass is 16.5. The van der Waals surface area contributed by atoms with Crippen LogP contribution < -0.4 is 4.90 Å². The Morgan fingerprint density at radius 3 is 2.77 bits per heavy atom. The van der Waals surface area contributed by atoms with E-state index in [1.807, 2.05) is 19.2 Å². The van der Waals surface area contributed by atoms with Crippen molar-refractivity contribution in [1.29, 1.82) is 0 Å². The first kappa shape index (κ1) is 15.9. The lowest BCUT2D eigenvalue weighted by Crippen LogP contribution is -2.26. The molecular weight excluding hydrogens is 282 g/mol. The molecule has 2 rings (SSSR count). The van der Waals surface area contributed by atoms with Crippen molar-refractivity contribution in [3.63, 3.8) is 0 Å². The van der Waals surface area contributed by atoms with Gasteiger partial charge in [0.2, 0.25) is 5.78 Å². The van der Waals surface area contributed by atoms with Crippen LogP contribution in [0.25, 0.3) is 6.08 Å². The van der Waals surface area contributed by atoms with Crippen LogP contribution in [-0.4, -0.2) is 34.1 Å². The lowest BCUT2D eigenvalue weighted by atomic mass is 10.2. The van der Waals surface area contributed by atoms with Crippen molar-refractivity contribution < 1.29 is 14.4 Å². The van der Waals surface area contributed by atoms with E-state index in [2.05, 4.69) is 28.9 Å². The van der Waals surface area contributed by atoms with Crippen LogP contribution in [0.1, 0.15) is 35.7 Å². The summed E-state index contributed by atoms with van der Waals surface area (Å²) in [4.78, 5) is 18.3. The standard InChI is InChI=1S/C16H19N3O3/c1-11(2)19(3)16-7-5-12(9-17-16)4-6-15(21)14-8-13(10-20)22-18-14/h4-9,11,20H,10H2,1-3H3/b6-4+. The molecule has 2 aromatic heterocycles. The van der Waals surface area contributed by atoms with Crippen LogP contribution in [0.5, 0.6) is 0 Å². The first-order valence-corrected chi connectivity index (χ1v) is 6.99. The van der Waals surface area contributed by atoms with Crippen molar-refractivity contribution >= 4 is 17.7 Å². The molecule has 0 radical (unpaired) electrons. The fourth-order valence-corrected chi connectivity index (χ4v) is 1.73. The van der Waals surface area contributed by atoms with Gasteiger partial charge in [-0.05, 0) is 43.7 Å². The van der Waals surface area contributed by atoms with Gasteiger partial charge in [-0.25, -0.2) is 4.98 Å². The minimum Gasteiger partial charge on any atom is -0.388 e. The number of hydrogen-bond donors (Lipinski definition) is 1. The molecule has 0 saturated heterocycles. The minimum absolute atomic E-state index is 0.171. The third kappa shape index (κ3) is 3.79. The van der Waals surface area contributed by atoms with Crippen molar-refractivity contribution in [3.05, 3.63) is 47.5 Å². The molecule has 1 N–H and O–H groups in total. The van der Waals surface area contributed by atoms with Gasteiger partial charge in [0.25, 0.3) is 0 Å². The van der Waals surface area contributed by atoms with Crippen LogP contribution in [0.15, 0.2) is 35.0 Å². The summed E-state index contributed by atoms with van der Waals surface area (Å²) in [6.45, 7) is 3.90. The summed E-state index contributed by atoms with van der Waals surface area (Å²) in [6, 6.07) is 5.59. The lowest BCUT2D eigenvalue weighted by Gasteiger charge is -2.22. The van der Waals surface area contributed by atoms with Gasteiger partial charge in [0, 0.05) is 25.4 Å². The maximum absolute atomic E-state index is 11.9. The molecule has 0 unspecified atom stereocenters. The van der Waals surface area contributed by atoms with E-state index in [-0.39, 0.29) is 23.8 Å². The summed E-state index contributed by atoms with van der Waals surface area (Å²) in [7, 11) is 1.98. The Morgan fingerprint density at radius 1 is 1.45 bits per heavy atom. The molecule has 0 aliphatic rings. The zero-order chi connectivity index (χ0) is 16.1. The molecule has 22 heavy (non-hydrogen) atoms. The summed E-state index contributed by atoms with van der Waals surface area (Å²) in [5.74, 6) is 0.855. The number of hydrogen-bond acceptors (Lipinski definition) is 6. The molecular formula is C16H19N3O3. The third-order valence-electron chi connectivity index (χ3n) is 3.30. The molecule has 0 aromatic carbocycles. The van der Waals surface area contributed by atoms with Gasteiger partial charge in [0.05, 0.1) is 0 Å². The number of carbonyl (C=O) groups excluding carboxylic acids is 1. The Morgan fingerprint density at radius 2 is 2.23 bits per heavy atom. The quantitative estimate of drug-likeness (QED) is 0.651. The Hall–Kier alpha value is -2.47. The predicted molar refractivity (Wildman–Crippen MR) is 83.6 cm³/mol. The average molecular weight is 301 g/mol. The van der Waals surface area contributed by atoms with E-state index in [0.717, 1.165) is 11.4 Å². The van der Waals surface area contributed by atoms with E-state index in [4.69, 9.17) is 9.63 Å². The van der Waals surface area contributed by atoms with Gasteiger partial charge in [-0.2, -0.15) is 0 Å². The van der Waals surface area contributed by atoms with Gasteiger partial charge in [-0.15, -0.1) is 0 Å². The number of aliphatic hydroxyl groups is 1. The van der Waals surface area contributed by atoms with E-state index < -0.39 is 0 Å². The highest BCUT2D eigenvalue weighted by Crippen LogP contribution is 2.13. The maximum Gasteiger partial charge on any atom is 0.207 e. The van der Waals surface area contributed by atoms with Crippen LogP contribution in [0.4, 0.5) is 5.82 Å². The molecule has 0 aliphatic heterocycles. The molecule has 6 nitrogen and oxygen atoms in total. The number of ketones is 1. The summed E-state index contributed by atoms with van der Waals surface area (Å²) < 4.78 is 4.78. The number of carbonyl (C=O) groups is 1. The lowest BCUT2D eigenvalue weighted by molar-refractivity contribution is 0.103. The van der Waals surface area contributed by atoms with E-state index in [1.54, 1.807) is 12.3 Å². The second-order valence-corrected chi connectivity index (χ2v) is 5.19. The number of aliphatic hydroxyl groups excluding tert-OH is 1. The number of anilines is 1. The van der Waals surface area contributed by atoms with E-state index >= 15 is 0 Å². The highest BCUT2D eigenvalue weighted by molar-refractivity contribution is 6.05. The zero-order valence-corrected chi connectivity index (χ0v) is 12.9. The molecule has 2 heterocycles. The smallest absolute Gasteiger partial charge is 0.207 e. The van der Waals surface area contributed by atoms with Crippen molar-refractivity contribution in [2.75, 3.05) is 11.9 Å². The average Bonchev–Trinajstić information content (AvgIpc) is 3.01. The van der Waals surface area contributed by atoms with Crippen molar-refractivity contribution in [3.8, 4) is 0 Å². The molecule has 0 fully saturated rings. The molecule has 6 heteroatoms. The van der Waals surface area contributed by atoms with E-state index in [0.29, 0.717) is 6.04 Å². The Bertz CT molecular complexity index is 660. The fraction of sp³-hybridized carbons (Fsp3) is 0.312. The van der Waals surface area contributed by atoms with Crippen molar-refractivity contribution in [1.82, 2.24) is 10.1 Å². The highest BCUT2D eigenvalue weighted by Gasteiger charge is 2.09. The normalized spacial score (nSPS) is 11.3. The number of rotatable bonds is 6. The van der Waals surface area contributed by atoms with Crippen molar-refractivity contribution in [2.45, 2.75) is 26.5 Å². The van der Waals surface area contributed by atoms with Gasteiger partial charge in [0.15, 0.2) is 11.5 Å². The Balaban J connectivity index is 2.05. The van der Waals surface area contributed by atoms with Gasteiger partial charge >= 0.3 is 0 Å². The van der Waals surface area contributed by atoms with Gasteiger partial charge in [-0.1, -0.05) is 5.16 Å². The Labute approximate surface area is 129 Å². The van der Waals surface area contributed by atoms with Gasteiger partial charge in [-0.3, -0.25) is 4.79 Å². The first-order valence-electron chi connectivity index (χ1n) is 6.99. The molecule has 0 aliphatic carbocycles. The second kappa shape index (κ2) is 7.00. The largest absolute Gasteiger partial charge is 0.388 e. The topological polar surface area (TPSA) is 79.5 Å². The van der Waals surface area contributed by atoms with E-state index in [9.17, 15) is 4.79 Å². The number of allylic oxidation sites excluding steroid dienone is 1. The summed E-state index contributed by atoms with van der Waals surface area (Å²) in [5, 5.41) is 12.5. The second-order valence-electron chi connectivity index (χ2n) is 5.19. The van der Waals surface area contributed by atoms with Crippen LogP contribution in [0.2, 0.25) is 0 Å². The summed E-state index contributed by atoms with van der Waals surface area (Å²) >= 11 is 0. The molecule has 0 saturated carbocycles. The number of nitrogens with zero attached hydrogens (tertiary/aromatic N) is 3. The summed E-state index contributed by atoms with van der Waals surface area (Å²) in [5.41, 5.74) is 0.990. The molecule has 0 amide bonds. The number of aromatic nitrogens is 2. The van der Waals surface area contributed by atoms with Crippen LogP contribution in [-0.2, 0) is 6.61 Å². The molecule has 0 bridgehead atoms. The van der Waals surface area contributed by atoms with Crippen LogP contribution in [0.3, 0.4) is 0 Å². The minimum atomic E-state index is -0.285. The van der Waals surface area contributed by atoms with Crippen molar-refractivity contribution in [2.24, 2.45) is 0 Å². The SMILES string of the molecule is CC(C)N(C)c1ccc(/C=C/C(=O)c2cc(CO)on2)cn1. The first-order chi connectivity index (χ1) is 10.5. The van der Waals surface area contributed by atoms with Crippen LogP contribution >= 0.6 is 0 Å².